The molecule has 1 aromatic heterocycles. The monoisotopic (exact) mass is 717 g/mol. The molecule has 1 aliphatic carbocycles. The van der Waals surface area contributed by atoms with Crippen LogP contribution in [0.15, 0.2) is 60.7 Å². The van der Waals surface area contributed by atoms with Crippen LogP contribution in [0.3, 0.4) is 0 Å². The first kappa shape index (κ1) is 37.0. The molecular weight excluding hydrogens is 671 g/mol. The molecule has 3 amide bonds. The van der Waals surface area contributed by atoms with Gasteiger partial charge in [-0.05, 0) is 131 Å². The molecule has 2 aliphatic rings. The first-order valence-electron chi connectivity index (χ1n) is 17.9. The smallest absolute Gasteiger partial charge is 0.349 e. The molecule has 10 nitrogen and oxygen atoms in total. The van der Waals surface area contributed by atoms with E-state index in [9.17, 15) is 27.6 Å². The second kappa shape index (κ2) is 15.9. The first-order valence-corrected chi connectivity index (χ1v) is 17.9. The Bertz CT molecular complexity index is 1890. The van der Waals surface area contributed by atoms with Crippen molar-refractivity contribution >= 4 is 34.4 Å². The number of alkyl halides is 3. The van der Waals surface area contributed by atoms with Gasteiger partial charge in [-0.25, -0.2) is 4.98 Å². The first-order chi connectivity index (χ1) is 24.9. The number of piperidine rings is 1. The van der Waals surface area contributed by atoms with E-state index in [4.69, 9.17) is 5.73 Å². The van der Waals surface area contributed by atoms with Crippen LogP contribution in [0.1, 0.15) is 65.8 Å². The van der Waals surface area contributed by atoms with Crippen LogP contribution in [0.2, 0.25) is 0 Å². The number of rotatable bonds is 10. The molecule has 13 heteroatoms. The summed E-state index contributed by atoms with van der Waals surface area (Å²) < 4.78 is 39.6. The van der Waals surface area contributed by atoms with Crippen LogP contribution in [0.5, 0.6) is 0 Å². The Morgan fingerprint density at radius 3 is 2.33 bits per heavy atom. The Labute approximate surface area is 301 Å². The van der Waals surface area contributed by atoms with Crippen LogP contribution in [0, 0.1) is 18.8 Å². The number of aryl methyl sites for hydroxylation is 1. The fourth-order valence-corrected chi connectivity index (χ4v) is 7.21. The minimum atomic E-state index is -4.64. The van der Waals surface area contributed by atoms with Crippen LogP contribution >= 0.6 is 0 Å². The van der Waals surface area contributed by atoms with Crippen molar-refractivity contribution < 1.29 is 27.6 Å². The molecule has 2 heterocycles. The van der Waals surface area contributed by atoms with Gasteiger partial charge in [-0.2, -0.15) is 13.2 Å². The lowest BCUT2D eigenvalue weighted by atomic mass is 9.81. The molecule has 0 bridgehead atoms. The number of aromatic nitrogens is 2. The van der Waals surface area contributed by atoms with Crippen molar-refractivity contribution in [3.8, 4) is 11.1 Å². The van der Waals surface area contributed by atoms with Gasteiger partial charge in [-0.1, -0.05) is 30.3 Å². The quantitative estimate of drug-likeness (QED) is 0.140. The lowest BCUT2D eigenvalue weighted by Gasteiger charge is -2.29. The number of halogens is 3. The number of carbonyl (C=O) groups is 3. The zero-order valence-electron chi connectivity index (χ0n) is 29.5. The van der Waals surface area contributed by atoms with Crippen LogP contribution in [-0.2, 0) is 22.2 Å². The Balaban J connectivity index is 1.16. The number of anilines is 1. The van der Waals surface area contributed by atoms with Crippen molar-refractivity contribution in [1.82, 2.24) is 25.5 Å². The van der Waals surface area contributed by atoms with E-state index in [1.54, 1.807) is 0 Å². The van der Waals surface area contributed by atoms with Gasteiger partial charge >= 0.3 is 6.18 Å². The van der Waals surface area contributed by atoms with E-state index in [1.165, 1.54) is 18.2 Å². The zero-order chi connectivity index (χ0) is 37.0. The number of H-pyrrole nitrogens is 1. The Kier molecular flexibility index (Phi) is 11.3. The molecular formula is C39H46F3N7O3. The number of nitrogens with one attached hydrogen (secondary N) is 4. The molecule has 0 radical (unpaired) electrons. The normalized spacial score (nSPS) is 19.3. The Morgan fingerprint density at radius 1 is 0.962 bits per heavy atom. The summed E-state index contributed by atoms with van der Waals surface area (Å²) in [5.74, 6) is -1.75. The zero-order valence-corrected chi connectivity index (χ0v) is 29.5. The maximum absolute atomic E-state index is 13.7. The third-order valence-corrected chi connectivity index (χ3v) is 10.5. The molecule has 52 heavy (non-hydrogen) atoms. The lowest BCUT2D eigenvalue weighted by molar-refractivity contribution is -0.144. The predicted molar refractivity (Wildman–Crippen MR) is 194 cm³/mol. The predicted octanol–water partition coefficient (Wildman–Crippen LogP) is 5.81. The molecule has 1 saturated heterocycles. The minimum absolute atomic E-state index is 0.0548. The fraction of sp³-hybridized carbons (Fsp3) is 0.436. The minimum Gasteiger partial charge on any atom is -0.349 e. The summed E-state index contributed by atoms with van der Waals surface area (Å²) in [6.07, 6.45) is 0.481. The number of imidazole rings is 1. The van der Waals surface area contributed by atoms with Gasteiger partial charge in [0.15, 0.2) is 0 Å². The highest BCUT2D eigenvalue weighted by molar-refractivity contribution is 5.99. The third-order valence-electron chi connectivity index (χ3n) is 10.5. The van der Waals surface area contributed by atoms with E-state index in [2.05, 4.69) is 37.9 Å². The van der Waals surface area contributed by atoms with E-state index < -0.39 is 23.9 Å². The average Bonchev–Trinajstić information content (AvgIpc) is 3.57. The number of likely N-dealkylation sites (tertiary alicyclic amines) is 1. The Hall–Kier alpha value is -4.75. The lowest BCUT2D eigenvalue weighted by Crippen LogP contribution is -2.48. The highest BCUT2D eigenvalue weighted by Crippen LogP contribution is 2.31. The van der Waals surface area contributed by atoms with Gasteiger partial charge in [0.1, 0.15) is 6.04 Å². The molecule has 276 valence electrons. The maximum Gasteiger partial charge on any atom is 0.449 e. The van der Waals surface area contributed by atoms with Crippen LogP contribution in [-0.4, -0.2) is 71.4 Å². The molecule has 1 saturated carbocycles. The van der Waals surface area contributed by atoms with E-state index >= 15 is 0 Å². The SMILES string of the molecule is Cc1cc(C(=O)NC2CCN(C)CC2)ccc1-c1ccc(C[C@H](NC(=O)[C@H]2CC[C@H](CN)CC2)C(=O)Nc2ccc3[nH]c(C(F)(F)F)nc3c2)cc1. The van der Waals surface area contributed by atoms with Crippen molar-refractivity contribution in [2.75, 3.05) is 32.0 Å². The summed E-state index contributed by atoms with van der Waals surface area (Å²) in [5.41, 5.74) is 10.6. The number of fused-ring (bicyclic) bond motifs is 1. The molecule has 1 aliphatic heterocycles. The topological polar surface area (TPSA) is 145 Å². The summed E-state index contributed by atoms with van der Waals surface area (Å²) in [5, 5.41) is 8.90. The summed E-state index contributed by atoms with van der Waals surface area (Å²) in [4.78, 5) is 48.3. The fourth-order valence-electron chi connectivity index (χ4n) is 7.21. The number of nitrogens with zero attached hydrogens (tertiary/aromatic N) is 2. The summed E-state index contributed by atoms with van der Waals surface area (Å²) in [6.45, 7) is 4.47. The highest BCUT2D eigenvalue weighted by Gasteiger charge is 2.35. The maximum atomic E-state index is 13.7. The molecule has 4 aromatic rings. The van der Waals surface area contributed by atoms with Gasteiger partial charge in [-0.3, -0.25) is 14.4 Å². The summed E-state index contributed by atoms with van der Waals surface area (Å²) in [7, 11) is 2.09. The largest absolute Gasteiger partial charge is 0.449 e. The van der Waals surface area contributed by atoms with Gasteiger partial charge in [0, 0.05) is 29.6 Å². The van der Waals surface area contributed by atoms with Crippen LogP contribution in [0.25, 0.3) is 22.2 Å². The highest BCUT2D eigenvalue weighted by atomic mass is 19.4. The van der Waals surface area contributed by atoms with Crippen molar-refractivity contribution in [3.63, 3.8) is 0 Å². The van der Waals surface area contributed by atoms with E-state index in [0.717, 1.165) is 61.0 Å². The molecule has 3 aromatic carbocycles. The van der Waals surface area contributed by atoms with E-state index in [-0.39, 0.29) is 46.9 Å². The van der Waals surface area contributed by atoms with E-state index in [1.807, 2.05) is 49.4 Å². The van der Waals surface area contributed by atoms with Crippen molar-refractivity contribution in [2.45, 2.75) is 70.1 Å². The van der Waals surface area contributed by atoms with Gasteiger partial charge in [0.05, 0.1) is 11.0 Å². The number of hydrogen-bond acceptors (Lipinski definition) is 6. The average molecular weight is 718 g/mol. The second-order valence-corrected chi connectivity index (χ2v) is 14.3. The van der Waals surface area contributed by atoms with Gasteiger partial charge in [-0.15, -0.1) is 0 Å². The summed E-state index contributed by atoms with van der Waals surface area (Å²) in [6, 6.07) is 16.9. The third kappa shape index (κ3) is 8.99. The molecule has 6 rings (SSSR count). The van der Waals surface area contributed by atoms with Crippen molar-refractivity contribution in [1.29, 1.82) is 0 Å². The number of hydrogen-bond donors (Lipinski definition) is 5. The number of aromatic amines is 1. The number of amides is 3. The summed E-state index contributed by atoms with van der Waals surface area (Å²) >= 11 is 0. The van der Waals surface area contributed by atoms with Gasteiger partial charge < -0.3 is 31.6 Å². The van der Waals surface area contributed by atoms with Gasteiger partial charge in [0.2, 0.25) is 17.6 Å². The molecule has 0 unspecified atom stereocenters. The number of carbonyl (C=O) groups excluding carboxylic acids is 3. The van der Waals surface area contributed by atoms with E-state index in [0.29, 0.717) is 30.9 Å². The molecule has 6 N–H and O–H groups in total. The molecule has 0 spiro atoms. The number of nitrogens with two attached hydrogens (primary N) is 1. The molecule has 2 fully saturated rings. The van der Waals surface area contributed by atoms with Crippen molar-refractivity contribution in [3.05, 3.63) is 83.2 Å². The van der Waals surface area contributed by atoms with Crippen molar-refractivity contribution in [2.24, 2.45) is 17.6 Å². The Morgan fingerprint density at radius 2 is 1.67 bits per heavy atom. The van der Waals surface area contributed by atoms with Gasteiger partial charge in [0.25, 0.3) is 5.91 Å². The second-order valence-electron chi connectivity index (χ2n) is 14.3. The molecule has 1 atom stereocenters. The van der Waals surface area contributed by atoms with Crippen LogP contribution < -0.4 is 21.7 Å². The van der Waals surface area contributed by atoms with Crippen LogP contribution in [0.4, 0.5) is 18.9 Å². The standard InChI is InChI=1S/C39H46F3N7O3/c1-23-19-28(36(51)44-29-15-17-49(2)18-16-29)11-13-31(23)26-7-3-24(4-8-26)20-34(46-35(50)27-9-5-25(22-43)6-10-27)37(52)45-30-12-14-32-33(21-30)48-38(47-32)39(40,41)42/h3-4,7-8,11-14,19,21,25,27,29,34H,5-6,9-10,15-18,20,22,43H2,1-2H3,(H,44,51)(H,45,52)(H,46,50)(H,47,48)/t25-,27-,34-/m0/s1. The number of benzene rings is 3.